The molecular weight excluding hydrogens is 256 g/mol. The molecule has 0 spiro atoms. The van der Waals surface area contributed by atoms with Gasteiger partial charge in [-0.2, -0.15) is 0 Å². The Hall–Kier alpha value is -0.610. The molecule has 0 saturated heterocycles. The Bertz CT molecular complexity index is 395. The molecule has 0 aromatic carbocycles. The van der Waals surface area contributed by atoms with Crippen molar-refractivity contribution in [1.29, 1.82) is 0 Å². The molecule has 1 aromatic heterocycles. The smallest absolute Gasteiger partial charge is 0.227 e. The highest BCUT2D eigenvalue weighted by atomic mass is 35.5. The molecule has 2 rings (SSSR count). The number of alkyl halides is 1. The van der Waals surface area contributed by atoms with Gasteiger partial charge in [-0.1, -0.05) is 6.92 Å². The zero-order valence-corrected chi connectivity index (χ0v) is 11.5. The van der Waals surface area contributed by atoms with Gasteiger partial charge in [-0.15, -0.1) is 22.9 Å². The standard InChI is InChI=1S/C12H17ClN2OS/c1-2-12(4-3-5-12)15-10(16)6-11-14-9(7-13)8-17-11/h8H,2-7H2,1H3,(H,15,16). The zero-order chi connectivity index (χ0) is 12.3. The van der Waals surface area contributed by atoms with Crippen molar-refractivity contribution in [3.8, 4) is 0 Å². The van der Waals surface area contributed by atoms with E-state index in [1.54, 1.807) is 0 Å². The van der Waals surface area contributed by atoms with Crippen LogP contribution in [0.25, 0.3) is 0 Å². The van der Waals surface area contributed by atoms with Gasteiger partial charge < -0.3 is 5.32 Å². The molecule has 1 saturated carbocycles. The molecule has 3 nitrogen and oxygen atoms in total. The van der Waals surface area contributed by atoms with Gasteiger partial charge in [-0.25, -0.2) is 4.98 Å². The third-order valence-electron chi connectivity index (χ3n) is 3.44. The van der Waals surface area contributed by atoms with Crippen molar-refractivity contribution in [3.05, 3.63) is 16.1 Å². The minimum absolute atomic E-state index is 0.0731. The van der Waals surface area contributed by atoms with Gasteiger partial charge in [0.1, 0.15) is 5.01 Å². The molecule has 94 valence electrons. The topological polar surface area (TPSA) is 42.0 Å². The summed E-state index contributed by atoms with van der Waals surface area (Å²) in [5, 5.41) is 5.91. The number of amides is 1. The summed E-state index contributed by atoms with van der Waals surface area (Å²) in [5.74, 6) is 0.499. The molecule has 0 bridgehead atoms. The van der Waals surface area contributed by atoms with E-state index in [4.69, 9.17) is 11.6 Å². The maximum atomic E-state index is 11.9. The number of carbonyl (C=O) groups is 1. The molecule has 1 heterocycles. The Morgan fingerprint density at radius 2 is 2.41 bits per heavy atom. The maximum Gasteiger partial charge on any atom is 0.227 e. The molecule has 0 radical (unpaired) electrons. The van der Waals surface area contributed by atoms with Crippen LogP contribution in [0.3, 0.4) is 0 Å². The van der Waals surface area contributed by atoms with Crippen LogP contribution in [-0.4, -0.2) is 16.4 Å². The average molecular weight is 273 g/mol. The van der Waals surface area contributed by atoms with Gasteiger partial charge >= 0.3 is 0 Å². The highest BCUT2D eigenvalue weighted by Crippen LogP contribution is 2.34. The summed E-state index contributed by atoms with van der Waals surface area (Å²) in [6.07, 6.45) is 4.84. The molecule has 1 amide bonds. The fourth-order valence-corrected chi connectivity index (χ4v) is 3.16. The molecule has 0 unspecified atom stereocenters. The van der Waals surface area contributed by atoms with Gasteiger partial charge in [0, 0.05) is 10.9 Å². The average Bonchev–Trinajstić information content (AvgIpc) is 2.71. The van der Waals surface area contributed by atoms with E-state index in [1.165, 1.54) is 17.8 Å². The first-order valence-corrected chi connectivity index (χ1v) is 7.39. The number of carbonyl (C=O) groups excluding carboxylic acids is 1. The third kappa shape index (κ3) is 2.99. The summed E-state index contributed by atoms with van der Waals surface area (Å²) in [4.78, 5) is 16.2. The Kier molecular flexibility index (Phi) is 4.05. The first-order valence-electron chi connectivity index (χ1n) is 5.98. The van der Waals surface area contributed by atoms with E-state index in [-0.39, 0.29) is 11.4 Å². The largest absolute Gasteiger partial charge is 0.350 e. The lowest BCUT2D eigenvalue weighted by molar-refractivity contribution is -0.123. The number of halogens is 1. The van der Waals surface area contributed by atoms with Crippen molar-refractivity contribution in [3.63, 3.8) is 0 Å². The van der Waals surface area contributed by atoms with Crippen molar-refractivity contribution >= 4 is 28.8 Å². The molecule has 1 fully saturated rings. The molecule has 1 aromatic rings. The molecule has 1 N–H and O–H groups in total. The number of hydrogen-bond donors (Lipinski definition) is 1. The predicted octanol–water partition coefficient (Wildman–Crippen LogP) is 2.87. The van der Waals surface area contributed by atoms with Gasteiger partial charge in [-0.3, -0.25) is 4.79 Å². The van der Waals surface area contributed by atoms with Crippen LogP contribution in [-0.2, 0) is 17.1 Å². The molecule has 5 heteroatoms. The molecule has 17 heavy (non-hydrogen) atoms. The quantitative estimate of drug-likeness (QED) is 0.838. The van der Waals surface area contributed by atoms with Crippen molar-refractivity contribution in [2.24, 2.45) is 0 Å². The van der Waals surface area contributed by atoms with Crippen molar-refractivity contribution in [2.45, 2.75) is 50.4 Å². The number of hydrogen-bond acceptors (Lipinski definition) is 3. The van der Waals surface area contributed by atoms with Crippen LogP contribution in [0, 0.1) is 0 Å². The van der Waals surface area contributed by atoms with Gasteiger partial charge in [-0.05, 0) is 25.7 Å². The molecule has 0 aliphatic heterocycles. The predicted molar refractivity (Wildman–Crippen MR) is 70.4 cm³/mol. The highest BCUT2D eigenvalue weighted by molar-refractivity contribution is 7.09. The van der Waals surface area contributed by atoms with Crippen LogP contribution in [0.1, 0.15) is 43.3 Å². The summed E-state index contributed by atoms with van der Waals surface area (Å²) < 4.78 is 0. The lowest BCUT2D eigenvalue weighted by atomic mass is 9.75. The van der Waals surface area contributed by atoms with Crippen molar-refractivity contribution in [1.82, 2.24) is 10.3 Å². The van der Waals surface area contributed by atoms with E-state index in [1.807, 2.05) is 5.38 Å². The summed E-state index contributed by atoms with van der Waals surface area (Å²) in [6.45, 7) is 2.13. The van der Waals surface area contributed by atoms with Gasteiger partial charge in [0.15, 0.2) is 0 Å². The molecule has 1 aliphatic rings. The van der Waals surface area contributed by atoms with Gasteiger partial charge in [0.05, 0.1) is 18.0 Å². The van der Waals surface area contributed by atoms with Crippen LogP contribution in [0.5, 0.6) is 0 Å². The lowest BCUT2D eigenvalue weighted by Crippen LogP contribution is -2.53. The summed E-state index contributed by atoms with van der Waals surface area (Å²) >= 11 is 7.19. The number of rotatable bonds is 5. The van der Waals surface area contributed by atoms with E-state index in [2.05, 4.69) is 17.2 Å². The summed E-state index contributed by atoms with van der Waals surface area (Å²) in [7, 11) is 0. The second-order valence-electron chi connectivity index (χ2n) is 4.58. The van der Waals surface area contributed by atoms with Crippen LogP contribution >= 0.6 is 22.9 Å². The number of aromatic nitrogens is 1. The van der Waals surface area contributed by atoms with E-state index in [0.717, 1.165) is 30.0 Å². The van der Waals surface area contributed by atoms with Crippen LogP contribution in [0.4, 0.5) is 0 Å². The fraction of sp³-hybridized carbons (Fsp3) is 0.667. The van der Waals surface area contributed by atoms with Crippen LogP contribution in [0.15, 0.2) is 5.38 Å². The van der Waals surface area contributed by atoms with Gasteiger partial charge in [0.2, 0.25) is 5.91 Å². The Labute approximate surface area is 111 Å². The summed E-state index contributed by atoms with van der Waals surface area (Å²) in [5.41, 5.74) is 0.928. The first-order chi connectivity index (χ1) is 8.17. The van der Waals surface area contributed by atoms with Crippen LogP contribution < -0.4 is 5.32 Å². The third-order valence-corrected chi connectivity index (χ3v) is 4.61. The second kappa shape index (κ2) is 5.36. The number of thiazole rings is 1. The van der Waals surface area contributed by atoms with E-state index >= 15 is 0 Å². The Balaban J connectivity index is 1.88. The Morgan fingerprint density at radius 3 is 2.88 bits per heavy atom. The van der Waals surface area contributed by atoms with Gasteiger partial charge in [0.25, 0.3) is 0 Å². The first kappa shape index (κ1) is 12.8. The number of nitrogens with zero attached hydrogens (tertiary/aromatic N) is 1. The lowest BCUT2D eigenvalue weighted by Gasteiger charge is -2.42. The monoisotopic (exact) mass is 272 g/mol. The zero-order valence-electron chi connectivity index (χ0n) is 9.96. The minimum atomic E-state index is 0.0731. The normalized spacial score (nSPS) is 17.5. The molecule has 1 aliphatic carbocycles. The van der Waals surface area contributed by atoms with E-state index in [0.29, 0.717) is 12.3 Å². The van der Waals surface area contributed by atoms with Crippen molar-refractivity contribution < 1.29 is 4.79 Å². The molecule has 0 atom stereocenters. The summed E-state index contributed by atoms with van der Waals surface area (Å²) in [6, 6.07) is 0. The number of nitrogens with one attached hydrogen (secondary N) is 1. The fourth-order valence-electron chi connectivity index (χ4n) is 2.14. The molecular formula is C12H17ClN2OS. The van der Waals surface area contributed by atoms with Crippen molar-refractivity contribution in [2.75, 3.05) is 0 Å². The van der Waals surface area contributed by atoms with Crippen LogP contribution in [0.2, 0.25) is 0 Å². The van der Waals surface area contributed by atoms with E-state index < -0.39 is 0 Å². The Morgan fingerprint density at radius 1 is 1.65 bits per heavy atom. The maximum absolute atomic E-state index is 11.9. The van der Waals surface area contributed by atoms with E-state index in [9.17, 15) is 4.79 Å². The second-order valence-corrected chi connectivity index (χ2v) is 5.79. The minimum Gasteiger partial charge on any atom is -0.350 e. The SMILES string of the molecule is CCC1(NC(=O)Cc2nc(CCl)cs2)CCC1. The highest BCUT2D eigenvalue weighted by Gasteiger charge is 2.36.